The second-order valence-electron chi connectivity index (χ2n) is 5.23. The molecule has 0 unspecified atom stereocenters. The van der Waals surface area contributed by atoms with Crippen molar-refractivity contribution in [3.63, 3.8) is 0 Å². The molecule has 2 aromatic heterocycles. The van der Waals surface area contributed by atoms with Gasteiger partial charge in [0.2, 0.25) is 0 Å². The fraction of sp³-hybridized carbons (Fsp3) is 0.417. The van der Waals surface area contributed by atoms with E-state index in [1.54, 1.807) is 6.07 Å². The van der Waals surface area contributed by atoms with Crippen molar-refractivity contribution < 1.29 is 9.90 Å². The van der Waals surface area contributed by atoms with E-state index in [1.807, 2.05) is 0 Å². The molecule has 6 nitrogen and oxygen atoms in total. The maximum atomic E-state index is 12.1. The summed E-state index contributed by atoms with van der Waals surface area (Å²) in [7, 11) is 0. The van der Waals surface area contributed by atoms with Gasteiger partial charge in [0.05, 0.1) is 9.30 Å². The van der Waals surface area contributed by atoms with Crippen molar-refractivity contribution in [2.75, 3.05) is 6.54 Å². The number of piperidine rings is 1. The number of nitrogens with zero attached hydrogens (tertiary/aromatic N) is 2. The van der Waals surface area contributed by atoms with Gasteiger partial charge in [0.15, 0.2) is 0 Å². The van der Waals surface area contributed by atoms with Crippen LogP contribution in [0.5, 0.6) is 0 Å². The lowest BCUT2D eigenvalue weighted by Crippen LogP contribution is -2.39. The Morgan fingerprint density at radius 2 is 2.45 bits per heavy atom. The molecule has 0 radical (unpaired) electrons. The highest BCUT2D eigenvalue weighted by molar-refractivity contribution is 9.11. The van der Waals surface area contributed by atoms with Gasteiger partial charge in [-0.05, 0) is 40.8 Å². The van der Waals surface area contributed by atoms with Crippen molar-refractivity contribution in [3.8, 4) is 0 Å². The van der Waals surface area contributed by atoms with E-state index in [1.165, 1.54) is 16.2 Å². The first-order valence-corrected chi connectivity index (χ1v) is 7.84. The number of likely N-dealkylation sites (tertiary alicyclic amines) is 1. The minimum absolute atomic E-state index is 0.196. The molecule has 2 N–H and O–H groups in total. The smallest absolute Gasteiger partial charge is 0.408 e. The molecular formula is C12H10BrN3O3S. The van der Waals surface area contributed by atoms with Crippen LogP contribution in [-0.2, 0) is 5.54 Å². The van der Waals surface area contributed by atoms with Crippen LogP contribution in [0.25, 0.3) is 10.2 Å². The number of rotatable bonds is 1. The number of hydrogen-bond donors (Lipinski definition) is 2. The van der Waals surface area contributed by atoms with Gasteiger partial charge in [-0.2, -0.15) is 0 Å². The first-order chi connectivity index (χ1) is 9.52. The summed E-state index contributed by atoms with van der Waals surface area (Å²) in [6.07, 6.45) is 0.639. The molecule has 0 aromatic carbocycles. The largest absolute Gasteiger partial charge is 0.465 e. The highest BCUT2D eigenvalue weighted by Gasteiger charge is 2.66. The molecule has 2 fully saturated rings. The average molecular weight is 356 g/mol. The molecule has 0 spiro atoms. The monoisotopic (exact) mass is 355 g/mol. The quantitative estimate of drug-likeness (QED) is 0.821. The summed E-state index contributed by atoms with van der Waals surface area (Å²) in [5.74, 6) is 0.770. The summed E-state index contributed by atoms with van der Waals surface area (Å²) in [4.78, 5) is 32.2. The number of carbonyl (C=O) groups is 1. The highest BCUT2D eigenvalue weighted by Crippen LogP contribution is 2.61. The summed E-state index contributed by atoms with van der Waals surface area (Å²) in [5, 5.41) is 9.32. The lowest BCUT2D eigenvalue weighted by atomic mass is 10.2. The van der Waals surface area contributed by atoms with Crippen LogP contribution < -0.4 is 5.56 Å². The molecule has 0 bridgehead atoms. The van der Waals surface area contributed by atoms with Crippen LogP contribution in [0.1, 0.15) is 18.7 Å². The Kier molecular flexibility index (Phi) is 2.36. The number of nitrogens with one attached hydrogen (secondary N) is 1. The van der Waals surface area contributed by atoms with Crippen molar-refractivity contribution in [1.82, 2.24) is 14.9 Å². The van der Waals surface area contributed by atoms with E-state index in [2.05, 4.69) is 25.9 Å². The van der Waals surface area contributed by atoms with Crippen LogP contribution in [0.3, 0.4) is 0 Å². The van der Waals surface area contributed by atoms with Gasteiger partial charge in [-0.1, -0.05) is 0 Å². The van der Waals surface area contributed by atoms with Crippen LogP contribution >= 0.6 is 27.3 Å². The van der Waals surface area contributed by atoms with Crippen LogP contribution in [0.4, 0.5) is 4.79 Å². The van der Waals surface area contributed by atoms with E-state index < -0.39 is 11.6 Å². The van der Waals surface area contributed by atoms with E-state index in [0.717, 1.165) is 16.6 Å². The van der Waals surface area contributed by atoms with Gasteiger partial charge in [-0.15, -0.1) is 11.3 Å². The topological polar surface area (TPSA) is 86.3 Å². The zero-order valence-corrected chi connectivity index (χ0v) is 12.6. The minimum atomic E-state index is -0.945. The molecule has 4 rings (SSSR count). The predicted molar refractivity (Wildman–Crippen MR) is 77.1 cm³/mol. The van der Waals surface area contributed by atoms with Crippen molar-refractivity contribution >= 4 is 43.6 Å². The Hall–Kier alpha value is -1.41. The summed E-state index contributed by atoms with van der Waals surface area (Å²) in [6.45, 7) is 0.509. The van der Waals surface area contributed by atoms with E-state index in [9.17, 15) is 14.7 Å². The number of aromatic nitrogens is 2. The normalized spacial score (nSPS) is 27.9. The first kappa shape index (κ1) is 12.3. The molecule has 2 aromatic rings. The number of carboxylic acid groups (broad SMARTS) is 1. The molecule has 1 aliphatic carbocycles. The molecule has 2 aliphatic rings. The zero-order valence-electron chi connectivity index (χ0n) is 10.2. The van der Waals surface area contributed by atoms with E-state index in [-0.39, 0.29) is 11.5 Å². The average Bonchev–Trinajstić information content (AvgIpc) is 2.79. The maximum Gasteiger partial charge on any atom is 0.408 e. The van der Waals surface area contributed by atoms with Gasteiger partial charge in [0.25, 0.3) is 5.56 Å². The number of halogens is 1. The van der Waals surface area contributed by atoms with Gasteiger partial charge in [0, 0.05) is 6.54 Å². The van der Waals surface area contributed by atoms with Crippen LogP contribution in [-0.4, -0.2) is 32.6 Å². The molecule has 20 heavy (non-hydrogen) atoms. The zero-order chi connectivity index (χ0) is 14.1. The third-order valence-corrected chi connectivity index (χ3v) is 5.88. The Morgan fingerprint density at radius 3 is 3.15 bits per heavy atom. The lowest BCUT2D eigenvalue weighted by molar-refractivity contribution is 0.125. The van der Waals surface area contributed by atoms with Gasteiger partial charge >= 0.3 is 6.09 Å². The van der Waals surface area contributed by atoms with Crippen molar-refractivity contribution in [1.29, 1.82) is 0 Å². The fourth-order valence-electron chi connectivity index (χ4n) is 3.27. The predicted octanol–water partition coefficient (Wildman–Crippen LogP) is 2.35. The number of thiophene rings is 1. The van der Waals surface area contributed by atoms with Crippen molar-refractivity contribution in [2.24, 2.45) is 5.92 Å². The third kappa shape index (κ3) is 1.46. The highest BCUT2D eigenvalue weighted by atomic mass is 79.9. The molecule has 2 atom stereocenters. The summed E-state index contributed by atoms with van der Waals surface area (Å²) in [6, 6.07) is 1.80. The second-order valence-corrected chi connectivity index (χ2v) is 7.66. The standard InChI is InChI=1S/C12H10BrN3O3S/c13-7-3-6-8(20-7)9(17)15-10(14-6)12-4-5(12)1-2-16(12)11(18)19/h3,5H,1-2,4H2,(H,18,19)(H,14,15,17)/t5-,12+/m1/s1. The van der Waals surface area contributed by atoms with Crippen LogP contribution in [0.15, 0.2) is 14.6 Å². The maximum absolute atomic E-state index is 12.1. The summed E-state index contributed by atoms with van der Waals surface area (Å²) >= 11 is 4.68. The number of H-pyrrole nitrogens is 1. The minimum Gasteiger partial charge on any atom is -0.465 e. The molecular weight excluding hydrogens is 346 g/mol. The summed E-state index contributed by atoms with van der Waals surface area (Å²) < 4.78 is 1.41. The van der Waals surface area contributed by atoms with Crippen LogP contribution in [0.2, 0.25) is 0 Å². The van der Waals surface area contributed by atoms with Crippen molar-refractivity contribution in [2.45, 2.75) is 18.4 Å². The van der Waals surface area contributed by atoms with Gasteiger partial charge in [-0.25, -0.2) is 9.78 Å². The SMILES string of the molecule is O=C(O)N1CC[C@@H]2C[C@@]21c1nc2cc(Br)sc2c(=O)[nH]1. The lowest BCUT2D eigenvalue weighted by Gasteiger charge is -2.24. The van der Waals surface area contributed by atoms with Crippen LogP contribution in [0, 0.1) is 5.92 Å². The molecule has 1 saturated carbocycles. The molecule has 1 aliphatic heterocycles. The molecule has 1 amide bonds. The first-order valence-electron chi connectivity index (χ1n) is 6.23. The number of aromatic amines is 1. The number of fused-ring (bicyclic) bond motifs is 2. The number of amides is 1. The molecule has 3 heterocycles. The Bertz CT molecular complexity index is 801. The number of hydrogen-bond acceptors (Lipinski definition) is 4. The summed E-state index contributed by atoms with van der Waals surface area (Å²) in [5.41, 5.74) is -0.177. The Labute approximate surface area is 125 Å². The Morgan fingerprint density at radius 1 is 1.65 bits per heavy atom. The second kappa shape index (κ2) is 3.82. The Balaban J connectivity index is 1.91. The van der Waals surface area contributed by atoms with Gasteiger partial charge < -0.3 is 10.1 Å². The van der Waals surface area contributed by atoms with Gasteiger partial charge in [-0.3, -0.25) is 9.69 Å². The third-order valence-electron chi connectivity index (χ3n) is 4.25. The molecule has 1 saturated heterocycles. The van der Waals surface area contributed by atoms with E-state index in [0.29, 0.717) is 22.6 Å². The van der Waals surface area contributed by atoms with E-state index in [4.69, 9.17) is 0 Å². The molecule has 8 heteroatoms. The van der Waals surface area contributed by atoms with Crippen molar-refractivity contribution in [3.05, 3.63) is 26.0 Å². The van der Waals surface area contributed by atoms with Gasteiger partial charge in [0.1, 0.15) is 16.1 Å². The molecule has 104 valence electrons. The fourth-order valence-corrected chi connectivity index (χ4v) is 4.69. The van der Waals surface area contributed by atoms with E-state index >= 15 is 0 Å².